The molecule has 306 valence electrons. The molecule has 3 atom stereocenters. The van der Waals surface area contributed by atoms with Crippen LogP contribution in [0, 0.1) is 0 Å². The molecule has 13 heteroatoms. The van der Waals surface area contributed by atoms with Crippen LogP contribution in [0.5, 0.6) is 0 Å². The van der Waals surface area contributed by atoms with Gasteiger partial charge in [0.1, 0.15) is 12.6 Å². The number of esters is 2. The number of carbonyl (C=O) groups excluding carboxylic acids is 2. The second kappa shape index (κ2) is 39.5. The standard InChI is InChI=1S/C40H76NO10P.Na/c1-3-5-7-9-11-13-15-17-18-20-22-24-26-28-30-32-39(43)51-36(34-49-52(46,47)50-35-37(41)40(44)45)33-48-38(42)31-29-27-25-23-21-19-16-14-12-10-8-6-4-2;/h17-18,36-37H,3-16,19-35,41H2,1-2H3,(H,44,45)(H,46,47);/q;+1/b18-17-;/t36-,37+;/m1./s1. The third kappa shape index (κ3) is 39.3. The largest absolute Gasteiger partial charge is 1.00 e. The number of ether oxygens (including phenoxy) is 2. The van der Waals surface area contributed by atoms with E-state index in [4.69, 9.17) is 24.8 Å². The van der Waals surface area contributed by atoms with E-state index in [2.05, 4.69) is 30.5 Å². The van der Waals surface area contributed by atoms with E-state index in [1.807, 2.05) is 0 Å². The Morgan fingerprint density at radius 3 is 1.40 bits per heavy atom. The van der Waals surface area contributed by atoms with Gasteiger partial charge in [0.05, 0.1) is 13.2 Å². The average Bonchev–Trinajstić information content (AvgIpc) is 3.12. The van der Waals surface area contributed by atoms with Crippen LogP contribution in [0.1, 0.15) is 194 Å². The summed E-state index contributed by atoms with van der Waals surface area (Å²) < 4.78 is 32.6. The van der Waals surface area contributed by atoms with Gasteiger partial charge in [-0.25, -0.2) is 4.57 Å². The Labute approximate surface area is 344 Å². The summed E-state index contributed by atoms with van der Waals surface area (Å²) in [7, 11) is -4.71. The van der Waals surface area contributed by atoms with Crippen molar-refractivity contribution in [3.05, 3.63) is 12.2 Å². The molecule has 1 unspecified atom stereocenters. The number of phosphoric acid groups is 1. The molecule has 0 aliphatic heterocycles. The summed E-state index contributed by atoms with van der Waals surface area (Å²) in [6, 6.07) is -1.52. The SMILES string of the molecule is CCCCCCCC/C=C\CCCCCCCC(=O)O[C@H](COC(=O)CCCCCCCCCCCCCCC)COP(=O)(O)OC[C@H](N)C(=O)O.[Na+]. The first-order chi connectivity index (χ1) is 25.1. The second-order valence-electron chi connectivity index (χ2n) is 14.1. The fourth-order valence-corrected chi connectivity index (χ4v) is 6.48. The number of rotatable bonds is 39. The molecule has 0 aromatic heterocycles. The normalized spacial score (nSPS) is 13.7. The predicted molar refractivity (Wildman–Crippen MR) is 208 cm³/mol. The molecule has 0 spiro atoms. The molecule has 0 aromatic rings. The molecule has 0 heterocycles. The van der Waals surface area contributed by atoms with Crippen LogP contribution in [0.2, 0.25) is 0 Å². The number of hydrogen-bond acceptors (Lipinski definition) is 9. The van der Waals surface area contributed by atoms with Gasteiger partial charge in [0.25, 0.3) is 0 Å². The molecular formula is C40H76NNaO10P+. The molecule has 0 saturated heterocycles. The quantitative estimate of drug-likeness (QED) is 0.0185. The Bertz CT molecular complexity index is 954. The van der Waals surface area contributed by atoms with Gasteiger partial charge in [0, 0.05) is 12.8 Å². The predicted octanol–water partition coefficient (Wildman–Crippen LogP) is 7.51. The fraction of sp³-hybridized carbons (Fsp3) is 0.875. The van der Waals surface area contributed by atoms with Gasteiger partial charge in [-0.1, -0.05) is 154 Å². The van der Waals surface area contributed by atoms with E-state index in [9.17, 15) is 23.8 Å². The van der Waals surface area contributed by atoms with Crippen molar-refractivity contribution in [1.29, 1.82) is 0 Å². The van der Waals surface area contributed by atoms with E-state index < -0.39 is 51.1 Å². The van der Waals surface area contributed by atoms with Crippen molar-refractivity contribution in [2.75, 3.05) is 19.8 Å². The average molecular weight is 785 g/mol. The van der Waals surface area contributed by atoms with Crippen LogP contribution in [0.25, 0.3) is 0 Å². The molecule has 0 aromatic carbocycles. The minimum atomic E-state index is -4.71. The van der Waals surface area contributed by atoms with E-state index in [0.29, 0.717) is 12.8 Å². The van der Waals surface area contributed by atoms with Crippen molar-refractivity contribution in [1.82, 2.24) is 0 Å². The van der Waals surface area contributed by atoms with Gasteiger partial charge >= 0.3 is 55.3 Å². The first-order valence-corrected chi connectivity index (χ1v) is 22.2. The van der Waals surface area contributed by atoms with Gasteiger partial charge in [-0.3, -0.25) is 23.4 Å². The third-order valence-electron chi connectivity index (χ3n) is 9.01. The molecule has 0 amide bonds. The van der Waals surface area contributed by atoms with Gasteiger partial charge in [-0.05, 0) is 38.5 Å². The van der Waals surface area contributed by atoms with Gasteiger partial charge in [0.15, 0.2) is 6.10 Å². The molecule has 0 aliphatic rings. The summed E-state index contributed by atoms with van der Waals surface area (Å²) in [5.74, 6) is -2.38. The maximum Gasteiger partial charge on any atom is 1.00 e. The number of unbranched alkanes of at least 4 members (excludes halogenated alkanes) is 23. The van der Waals surface area contributed by atoms with Gasteiger partial charge in [-0.15, -0.1) is 0 Å². The van der Waals surface area contributed by atoms with Gasteiger partial charge in [0.2, 0.25) is 0 Å². The van der Waals surface area contributed by atoms with Crippen LogP contribution in [0.4, 0.5) is 0 Å². The van der Waals surface area contributed by atoms with Crippen LogP contribution in [0.3, 0.4) is 0 Å². The molecular weight excluding hydrogens is 708 g/mol. The minimum absolute atomic E-state index is 0. The van der Waals surface area contributed by atoms with E-state index in [1.165, 1.54) is 96.3 Å². The third-order valence-corrected chi connectivity index (χ3v) is 9.96. The number of aliphatic carboxylic acids is 1. The van der Waals surface area contributed by atoms with E-state index in [-0.39, 0.29) is 49.0 Å². The molecule has 11 nitrogen and oxygen atoms in total. The molecule has 4 N–H and O–H groups in total. The molecule has 0 rings (SSSR count). The Hall–Kier alpha value is -0.780. The van der Waals surface area contributed by atoms with Crippen LogP contribution >= 0.6 is 7.82 Å². The van der Waals surface area contributed by atoms with Crippen molar-refractivity contribution in [2.45, 2.75) is 206 Å². The summed E-state index contributed by atoms with van der Waals surface area (Å²) in [4.78, 5) is 45.8. The maximum atomic E-state index is 12.6. The van der Waals surface area contributed by atoms with E-state index in [1.54, 1.807) is 0 Å². The number of hydrogen-bond donors (Lipinski definition) is 3. The van der Waals surface area contributed by atoms with Gasteiger partial charge < -0.3 is 25.2 Å². The van der Waals surface area contributed by atoms with Crippen LogP contribution in [0.15, 0.2) is 12.2 Å². The Morgan fingerprint density at radius 1 is 0.585 bits per heavy atom. The maximum absolute atomic E-state index is 12.6. The molecule has 0 radical (unpaired) electrons. The first kappa shape index (κ1) is 54.3. The van der Waals surface area contributed by atoms with Crippen molar-refractivity contribution in [3.63, 3.8) is 0 Å². The van der Waals surface area contributed by atoms with Crippen LogP contribution in [-0.4, -0.2) is 59.9 Å². The minimum Gasteiger partial charge on any atom is -0.480 e. The summed E-state index contributed by atoms with van der Waals surface area (Å²) in [5.41, 5.74) is 5.32. The Morgan fingerprint density at radius 2 is 0.962 bits per heavy atom. The zero-order chi connectivity index (χ0) is 38.5. The molecule has 53 heavy (non-hydrogen) atoms. The zero-order valence-electron chi connectivity index (χ0n) is 33.9. The van der Waals surface area contributed by atoms with Crippen molar-refractivity contribution >= 4 is 25.7 Å². The number of allylic oxidation sites excluding steroid dienone is 2. The topological polar surface area (TPSA) is 172 Å². The Kier molecular flexibility index (Phi) is 40.4. The van der Waals surface area contributed by atoms with Crippen LogP contribution < -0.4 is 35.3 Å². The Balaban J connectivity index is 0. The summed E-state index contributed by atoms with van der Waals surface area (Å²) >= 11 is 0. The number of nitrogens with two attached hydrogens (primary N) is 1. The number of carboxylic acids is 1. The molecule has 0 fully saturated rings. The zero-order valence-corrected chi connectivity index (χ0v) is 36.8. The van der Waals surface area contributed by atoms with E-state index in [0.717, 1.165) is 57.8 Å². The molecule has 0 saturated carbocycles. The van der Waals surface area contributed by atoms with Crippen LogP contribution in [-0.2, 0) is 37.5 Å². The number of carboxylic acid groups (broad SMARTS) is 1. The smallest absolute Gasteiger partial charge is 0.480 e. The van der Waals surface area contributed by atoms with Crippen molar-refractivity contribution < 1.29 is 77.0 Å². The molecule has 0 aliphatic carbocycles. The monoisotopic (exact) mass is 785 g/mol. The first-order valence-electron chi connectivity index (χ1n) is 20.7. The molecule has 0 bridgehead atoms. The summed E-state index contributed by atoms with van der Waals surface area (Å²) in [5, 5.41) is 8.87. The fourth-order valence-electron chi connectivity index (χ4n) is 5.71. The number of carbonyl (C=O) groups is 3. The van der Waals surface area contributed by atoms with Gasteiger partial charge in [-0.2, -0.15) is 0 Å². The summed E-state index contributed by atoms with van der Waals surface area (Å²) in [6.07, 6.45) is 34.2. The summed E-state index contributed by atoms with van der Waals surface area (Å²) in [6.45, 7) is 2.79. The number of phosphoric ester groups is 1. The van der Waals surface area contributed by atoms with Crippen molar-refractivity contribution in [3.8, 4) is 0 Å². The second-order valence-corrected chi connectivity index (χ2v) is 15.6. The van der Waals surface area contributed by atoms with Crippen molar-refractivity contribution in [2.24, 2.45) is 5.73 Å². The van der Waals surface area contributed by atoms with E-state index >= 15 is 0 Å².